The maximum Gasteiger partial charge on any atom is 0.329 e. The lowest BCUT2D eigenvalue weighted by atomic mass is 10.3. The molecule has 1 aliphatic carbocycles. The van der Waals surface area contributed by atoms with Crippen LogP contribution in [0.3, 0.4) is 0 Å². The fourth-order valence-electron chi connectivity index (χ4n) is 1.47. The molecule has 7 heteroatoms. The average Bonchev–Trinajstić information content (AvgIpc) is 3.04. The molecule has 18 heavy (non-hydrogen) atoms. The zero-order valence-corrected chi connectivity index (χ0v) is 11.5. The second-order valence-corrected chi connectivity index (χ2v) is 5.36. The van der Waals surface area contributed by atoms with Gasteiger partial charge in [0, 0.05) is 10.2 Å². The fraction of sp³-hybridized carbons (Fsp3) is 0.273. The quantitative estimate of drug-likeness (QED) is 0.796. The van der Waals surface area contributed by atoms with Gasteiger partial charge in [0.15, 0.2) is 0 Å². The van der Waals surface area contributed by atoms with Crippen LogP contribution in [-0.4, -0.2) is 22.6 Å². The van der Waals surface area contributed by atoms with E-state index in [4.69, 9.17) is 16.7 Å². The van der Waals surface area contributed by atoms with Gasteiger partial charge in [-0.2, -0.15) is 0 Å². The van der Waals surface area contributed by atoms with Crippen LogP contribution in [0.5, 0.6) is 0 Å². The van der Waals surface area contributed by atoms with Gasteiger partial charge >= 0.3 is 12.0 Å². The average molecular weight is 334 g/mol. The summed E-state index contributed by atoms with van der Waals surface area (Å²) >= 11 is 9.06. The molecule has 0 saturated heterocycles. The molecule has 5 nitrogen and oxygen atoms in total. The summed E-state index contributed by atoms with van der Waals surface area (Å²) in [6, 6.07) is 4.37. The molecule has 1 aromatic rings. The Kier molecular flexibility index (Phi) is 3.49. The highest BCUT2D eigenvalue weighted by molar-refractivity contribution is 9.10. The van der Waals surface area contributed by atoms with E-state index < -0.39 is 17.5 Å². The van der Waals surface area contributed by atoms with E-state index in [1.54, 1.807) is 18.2 Å². The Morgan fingerprint density at radius 3 is 2.56 bits per heavy atom. The highest BCUT2D eigenvalue weighted by Gasteiger charge is 2.51. The number of anilines is 1. The zero-order valence-electron chi connectivity index (χ0n) is 9.17. The lowest BCUT2D eigenvalue weighted by Gasteiger charge is -2.13. The van der Waals surface area contributed by atoms with Crippen LogP contribution < -0.4 is 10.6 Å². The van der Waals surface area contributed by atoms with Crippen LogP contribution in [0.4, 0.5) is 10.5 Å². The molecule has 3 N–H and O–H groups in total. The van der Waals surface area contributed by atoms with Gasteiger partial charge in [0.25, 0.3) is 0 Å². The maximum atomic E-state index is 11.6. The maximum absolute atomic E-state index is 11.6. The van der Waals surface area contributed by atoms with Gasteiger partial charge in [0.2, 0.25) is 0 Å². The number of benzene rings is 1. The third kappa shape index (κ3) is 2.76. The Labute approximate surface area is 117 Å². The van der Waals surface area contributed by atoms with Crippen LogP contribution in [0.15, 0.2) is 22.7 Å². The van der Waals surface area contributed by atoms with Gasteiger partial charge < -0.3 is 15.7 Å². The number of aliphatic carboxylic acids is 1. The Hall–Kier alpha value is -1.27. The number of halogens is 2. The van der Waals surface area contributed by atoms with E-state index in [0.717, 1.165) is 0 Å². The molecule has 0 aromatic heterocycles. The van der Waals surface area contributed by atoms with Crippen molar-refractivity contribution < 1.29 is 14.7 Å². The predicted molar refractivity (Wildman–Crippen MR) is 70.9 cm³/mol. The first-order valence-corrected chi connectivity index (χ1v) is 6.38. The van der Waals surface area contributed by atoms with Crippen molar-refractivity contribution >= 4 is 45.2 Å². The zero-order chi connectivity index (χ0) is 13.3. The van der Waals surface area contributed by atoms with E-state index in [9.17, 15) is 9.59 Å². The largest absolute Gasteiger partial charge is 0.480 e. The molecular weight excluding hydrogens is 323 g/mol. The first-order valence-electron chi connectivity index (χ1n) is 5.20. The van der Waals surface area contributed by atoms with E-state index in [1.807, 2.05) is 0 Å². The molecule has 0 unspecified atom stereocenters. The van der Waals surface area contributed by atoms with E-state index >= 15 is 0 Å². The molecule has 0 bridgehead atoms. The number of rotatable bonds is 3. The predicted octanol–water partition coefficient (Wildman–Crippen LogP) is 2.84. The molecular formula is C11H10BrClN2O3. The number of carboxylic acid groups (broad SMARTS) is 1. The van der Waals surface area contributed by atoms with Gasteiger partial charge in [-0.1, -0.05) is 11.6 Å². The van der Waals surface area contributed by atoms with Gasteiger partial charge in [-0.3, -0.25) is 0 Å². The Balaban J connectivity index is 1.99. The van der Waals surface area contributed by atoms with Crippen molar-refractivity contribution in [3.63, 3.8) is 0 Å². The molecule has 0 atom stereocenters. The molecule has 1 fully saturated rings. The smallest absolute Gasteiger partial charge is 0.329 e. The van der Waals surface area contributed by atoms with Crippen LogP contribution in [0, 0.1) is 0 Å². The number of carboxylic acids is 1. The molecule has 2 rings (SSSR count). The van der Waals surface area contributed by atoms with Crippen LogP contribution in [0.2, 0.25) is 5.02 Å². The van der Waals surface area contributed by atoms with Gasteiger partial charge in [-0.05, 0) is 47.0 Å². The molecule has 2 amide bonds. The van der Waals surface area contributed by atoms with Gasteiger partial charge in [0.1, 0.15) is 5.54 Å². The summed E-state index contributed by atoms with van der Waals surface area (Å²) in [7, 11) is 0. The third-order valence-electron chi connectivity index (χ3n) is 2.69. The number of amides is 2. The van der Waals surface area contributed by atoms with Crippen molar-refractivity contribution in [1.82, 2.24) is 5.32 Å². The van der Waals surface area contributed by atoms with E-state index in [0.29, 0.717) is 28.0 Å². The lowest BCUT2D eigenvalue weighted by Crippen LogP contribution is -2.45. The van der Waals surface area contributed by atoms with Crippen LogP contribution in [0.1, 0.15) is 12.8 Å². The highest BCUT2D eigenvalue weighted by atomic mass is 79.9. The van der Waals surface area contributed by atoms with Crippen molar-refractivity contribution in [2.45, 2.75) is 18.4 Å². The van der Waals surface area contributed by atoms with E-state index in [-0.39, 0.29) is 0 Å². The minimum absolute atomic E-state index is 0.458. The van der Waals surface area contributed by atoms with Crippen molar-refractivity contribution in [3.8, 4) is 0 Å². The minimum Gasteiger partial charge on any atom is -0.480 e. The monoisotopic (exact) mass is 332 g/mol. The van der Waals surface area contributed by atoms with Crippen molar-refractivity contribution in [1.29, 1.82) is 0 Å². The third-order valence-corrected chi connectivity index (χ3v) is 3.90. The number of carbonyl (C=O) groups excluding carboxylic acids is 1. The van der Waals surface area contributed by atoms with Crippen LogP contribution in [-0.2, 0) is 4.79 Å². The number of nitrogens with one attached hydrogen (secondary N) is 2. The second-order valence-electron chi connectivity index (χ2n) is 4.10. The lowest BCUT2D eigenvalue weighted by molar-refractivity contribution is -0.140. The molecule has 1 saturated carbocycles. The normalized spacial score (nSPS) is 15.9. The Morgan fingerprint density at radius 2 is 2.06 bits per heavy atom. The molecule has 0 heterocycles. The number of hydrogen-bond donors (Lipinski definition) is 3. The highest BCUT2D eigenvalue weighted by Crippen LogP contribution is 2.35. The van der Waals surface area contributed by atoms with Crippen LogP contribution >= 0.6 is 27.5 Å². The number of urea groups is 1. The molecule has 1 aliphatic rings. The Bertz CT molecular complexity index is 517. The van der Waals surface area contributed by atoms with Crippen molar-refractivity contribution in [3.05, 3.63) is 27.7 Å². The van der Waals surface area contributed by atoms with Crippen molar-refractivity contribution in [2.75, 3.05) is 5.32 Å². The SMILES string of the molecule is O=C(Nc1ccc(Cl)c(Br)c1)NC1(C(=O)O)CC1. The van der Waals surface area contributed by atoms with E-state index in [2.05, 4.69) is 26.6 Å². The first-order chi connectivity index (χ1) is 8.43. The summed E-state index contributed by atoms with van der Waals surface area (Å²) in [6.45, 7) is 0. The number of hydrogen-bond acceptors (Lipinski definition) is 2. The second kappa shape index (κ2) is 4.78. The summed E-state index contributed by atoms with van der Waals surface area (Å²) in [5, 5.41) is 14.5. The topological polar surface area (TPSA) is 78.4 Å². The van der Waals surface area contributed by atoms with Gasteiger partial charge in [-0.15, -0.1) is 0 Å². The molecule has 0 aliphatic heterocycles. The van der Waals surface area contributed by atoms with Crippen molar-refractivity contribution in [2.24, 2.45) is 0 Å². The summed E-state index contributed by atoms with van der Waals surface area (Å²) in [5.41, 5.74) is -0.557. The summed E-state index contributed by atoms with van der Waals surface area (Å²) in [5.74, 6) is -1.00. The summed E-state index contributed by atoms with van der Waals surface area (Å²) in [6.07, 6.45) is 0.917. The Morgan fingerprint density at radius 1 is 1.39 bits per heavy atom. The van der Waals surface area contributed by atoms with Gasteiger partial charge in [-0.25, -0.2) is 9.59 Å². The molecule has 0 radical (unpaired) electrons. The summed E-state index contributed by atoms with van der Waals surface area (Å²) in [4.78, 5) is 22.5. The van der Waals surface area contributed by atoms with E-state index in [1.165, 1.54) is 0 Å². The number of carbonyl (C=O) groups is 2. The fourth-order valence-corrected chi connectivity index (χ4v) is 1.97. The summed E-state index contributed by atoms with van der Waals surface area (Å²) < 4.78 is 0.654. The molecule has 96 valence electrons. The molecule has 0 spiro atoms. The first kappa shape index (κ1) is 13.2. The molecule has 1 aromatic carbocycles. The minimum atomic E-state index is -1.09. The standard InChI is InChI=1S/C11H10BrClN2O3/c12-7-5-6(1-2-8(7)13)14-10(18)15-11(3-4-11)9(16)17/h1-2,5H,3-4H2,(H,16,17)(H2,14,15,18). The van der Waals surface area contributed by atoms with Crippen LogP contribution in [0.25, 0.3) is 0 Å². The van der Waals surface area contributed by atoms with Gasteiger partial charge in [0.05, 0.1) is 5.02 Å².